The standard InChI is InChI=1S/C8H12N6O2S/c1-13-5-6(3-10-13)17(15,16)12-8-7(9)4-11-14(8)2/h3-5,12H,9H2,1-2H3. The summed E-state index contributed by atoms with van der Waals surface area (Å²) in [5.74, 6) is 0.230. The molecule has 8 nitrogen and oxygen atoms in total. The van der Waals surface area contributed by atoms with Gasteiger partial charge in [0, 0.05) is 20.3 Å². The average molecular weight is 256 g/mol. The molecule has 2 heterocycles. The lowest BCUT2D eigenvalue weighted by Gasteiger charge is -2.06. The number of aryl methyl sites for hydroxylation is 2. The molecule has 0 radical (unpaired) electrons. The first-order chi connectivity index (χ1) is 7.90. The largest absolute Gasteiger partial charge is 0.394 e. The van der Waals surface area contributed by atoms with Crippen molar-refractivity contribution in [3.63, 3.8) is 0 Å². The molecule has 3 N–H and O–H groups in total. The van der Waals surface area contributed by atoms with Gasteiger partial charge in [0.2, 0.25) is 0 Å². The van der Waals surface area contributed by atoms with Gasteiger partial charge in [-0.25, -0.2) is 8.42 Å². The monoisotopic (exact) mass is 256 g/mol. The smallest absolute Gasteiger partial charge is 0.266 e. The van der Waals surface area contributed by atoms with Crippen LogP contribution in [0.4, 0.5) is 11.5 Å². The minimum absolute atomic E-state index is 0.0700. The molecular formula is C8H12N6O2S. The SMILES string of the molecule is Cn1cc(S(=O)(=O)Nc2c(N)cnn2C)cn1. The van der Waals surface area contributed by atoms with Crippen molar-refractivity contribution >= 4 is 21.5 Å². The molecule has 2 aromatic heterocycles. The zero-order valence-corrected chi connectivity index (χ0v) is 10.1. The van der Waals surface area contributed by atoms with E-state index in [-0.39, 0.29) is 16.4 Å². The van der Waals surface area contributed by atoms with Crippen LogP contribution < -0.4 is 10.5 Å². The van der Waals surface area contributed by atoms with Gasteiger partial charge >= 0.3 is 0 Å². The number of hydrogen-bond acceptors (Lipinski definition) is 5. The second-order valence-corrected chi connectivity index (χ2v) is 5.21. The third kappa shape index (κ3) is 2.09. The Morgan fingerprint density at radius 3 is 2.47 bits per heavy atom. The van der Waals surface area contributed by atoms with Crippen LogP contribution in [0.3, 0.4) is 0 Å². The maximum Gasteiger partial charge on any atom is 0.266 e. The van der Waals surface area contributed by atoms with Crippen molar-refractivity contribution in [3.05, 3.63) is 18.6 Å². The first kappa shape index (κ1) is 11.5. The summed E-state index contributed by atoms with van der Waals surface area (Å²) in [6, 6.07) is 0. The molecule has 0 aliphatic heterocycles. The minimum atomic E-state index is -3.68. The lowest BCUT2D eigenvalue weighted by Crippen LogP contribution is -2.15. The van der Waals surface area contributed by atoms with Crippen molar-refractivity contribution in [1.82, 2.24) is 19.6 Å². The number of rotatable bonds is 3. The van der Waals surface area contributed by atoms with Crippen LogP contribution in [0.15, 0.2) is 23.5 Å². The molecule has 2 rings (SSSR count). The Morgan fingerprint density at radius 2 is 2.00 bits per heavy atom. The van der Waals surface area contributed by atoms with E-state index in [1.165, 1.54) is 28.0 Å². The Morgan fingerprint density at radius 1 is 1.29 bits per heavy atom. The first-order valence-corrected chi connectivity index (χ1v) is 6.17. The van der Waals surface area contributed by atoms with Crippen LogP contribution >= 0.6 is 0 Å². The number of aromatic nitrogens is 4. The van der Waals surface area contributed by atoms with Crippen LogP contribution in [0, 0.1) is 0 Å². The summed E-state index contributed by atoms with van der Waals surface area (Å²) in [5.41, 5.74) is 5.86. The normalized spacial score (nSPS) is 11.6. The van der Waals surface area contributed by atoms with E-state index in [9.17, 15) is 8.42 Å². The topological polar surface area (TPSA) is 108 Å². The molecule has 17 heavy (non-hydrogen) atoms. The van der Waals surface area contributed by atoms with Crippen molar-refractivity contribution in [2.24, 2.45) is 14.1 Å². The Hall–Kier alpha value is -2.03. The highest BCUT2D eigenvalue weighted by Gasteiger charge is 2.19. The fraction of sp³-hybridized carbons (Fsp3) is 0.250. The summed E-state index contributed by atoms with van der Waals surface area (Å²) in [7, 11) is -0.451. The molecule has 0 amide bonds. The first-order valence-electron chi connectivity index (χ1n) is 4.69. The van der Waals surface area contributed by atoms with Gasteiger partial charge in [0.25, 0.3) is 10.0 Å². The zero-order valence-electron chi connectivity index (χ0n) is 9.32. The fourth-order valence-electron chi connectivity index (χ4n) is 1.30. The van der Waals surface area contributed by atoms with Crippen molar-refractivity contribution in [1.29, 1.82) is 0 Å². The summed E-state index contributed by atoms with van der Waals surface area (Å²) in [4.78, 5) is 0.0700. The number of hydrogen-bond donors (Lipinski definition) is 2. The van der Waals surface area contributed by atoms with Crippen LogP contribution in [0.5, 0.6) is 0 Å². The van der Waals surface area contributed by atoms with Crippen molar-refractivity contribution in [2.45, 2.75) is 4.90 Å². The molecule has 0 spiro atoms. The third-order valence-corrected chi connectivity index (χ3v) is 3.48. The highest BCUT2D eigenvalue weighted by Crippen LogP contribution is 2.20. The average Bonchev–Trinajstić information content (AvgIpc) is 2.80. The molecule has 0 atom stereocenters. The van der Waals surface area contributed by atoms with Gasteiger partial charge in [-0.15, -0.1) is 0 Å². The van der Waals surface area contributed by atoms with E-state index in [2.05, 4.69) is 14.9 Å². The lowest BCUT2D eigenvalue weighted by atomic mass is 10.5. The van der Waals surface area contributed by atoms with Gasteiger partial charge in [0.1, 0.15) is 4.90 Å². The maximum absolute atomic E-state index is 12.0. The molecule has 2 aromatic rings. The highest BCUT2D eigenvalue weighted by atomic mass is 32.2. The number of nitrogens with zero attached hydrogens (tertiary/aromatic N) is 4. The van der Waals surface area contributed by atoms with Crippen LogP contribution in [0.2, 0.25) is 0 Å². The van der Waals surface area contributed by atoms with Gasteiger partial charge in [0.05, 0.1) is 18.1 Å². The highest BCUT2D eigenvalue weighted by molar-refractivity contribution is 7.92. The summed E-state index contributed by atoms with van der Waals surface area (Å²) in [6.45, 7) is 0. The molecule has 0 aromatic carbocycles. The Kier molecular flexibility index (Phi) is 2.54. The minimum Gasteiger partial charge on any atom is -0.394 e. The fourth-order valence-corrected chi connectivity index (χ4v) is 2.40. The Bertz CT molecular complexity index is 621. The predicted octanol–water partition coefficient (Wildman–Crippen LogP) is -0.463. The van der Waals surface area contributed by atoms with E-state index >= 15 is 0 Å². The molecule has 0 aliphatic carbocycles. The van der Waals surface area contributed by atoms with Gasteiger partial charge in [-0.1, -0.05) is 0 Å². The van der Waals surface area contributed by atoms with Crippen molar-refractivity contribution < 1.29 is 8.42 Å². The van der Waals surface area contributed by atoms with Gasteiger partial charge in [0.15, 0.2) is 5.82 Å². The summed E-state index contributed by atoms with van der Waals surface area (Å²) in [5, 5.41) is 7.64. The quantitative estimate of drug-likeness (QED) is 0.772. The third-order valence-electron chi connectivity index (χ3n) is 2.19. The van der Waals surface area contributed by atoms with E-state index in [0.29, 0.717) is 0 Å². The zero-order chi connectivity index (χ0) is 12.6. The summed E-state index contributed by atoms with van der Waals surface area (Å²) in [6.07, 6.45) is 4.03. The summed E-state index contributed by atoms with van der Waals surface area (Å²) < 4.78 is 29.0. The van der Waals surface area contributed by atoms with E-state index in [1.807, 2.05) is 0 Å². The number of nitrogen functional groups attached to an aromatic ring is 1. The number of nitrogens with two attached hydrogens (primary N) is 1. The molecule has 0 saturated heterocycles. The van der Waals surface area contributed by atoms with E-state index < -0.39 is 10.0 Å². The van der Waals surface area contributed by atoms with Crippen molar-refractivity contribution in [3.8, 4) is 0 Å². The van der Waals surface area contributed by atoms with E-state index in [0.717, 1.165) is 0 Å². The Balaban J connectivity index is 2.36. The van der Waals surface area contributed by atoms with Crippen LogP contribution in [-0.4, -0.2) is 28.0 Å². The molecule has 0 saturated carbocycles. The van der Waals surface area contributed by atoms with E-state index in [4.69, 9.17) is 5.73 Å². The van der Waals surface area contributed by atoms with Gasteiger partial charge in [-0.05, 0) is 0 Å². The molecular weight excluding hydrogens is 244 g/mol. The second kappa shape index (κ2) is 3.77. The molecule has 0 fully saturated rings. The van der Waals surface area contributed by atoms with Crippen LogP contribution in [-0.2, 0) is 24.1 Å². The van der Waals surface area contributed by atoms with Crippen LogP contribution in [0.25, 0.3) is 0 Å². The Labute approximate surface area is 98.1 Å². The van der Waals surface area contributed by atoms with Gasteiger partial charge < -0.3 is 5.73 Å². The number of sulfonamides is 1. The lowest BCUT2D eigenvalue weighted by molar-refractivity contribution is 0.600. The van der Waals surface area contributed by atoms with Gasteiger partial charge in [-0.2, -0.15) is 10.2 Å². The predicted molar refractivity (Wildman–Crippen MR) is 61.6 cm³/mol. The molecule has 0 bridgehead atoms. The van der Waals surface area contributed by atoms with E-state index in [1.54, 1.807) is 14.1 Å². The number of nitrogens with one attached hydrogen (secondary N) is 1. The maximum atomic E-state index is 12.0. The molecule has 0 aliphatic rings. The molecule has 92 valence electrons. The van der Waals surface area contributed by atoms with Crippen LogP contribution in [0.1, 0.15) is 0 Å². The molecule has 0 unspecified atom stereocenters. The van der Waals surface area contributed by atoms with Gasteiger partial charge in [-0.3, -0.25) is 14.1 Å². The number of anilines is 2. The molecule has 9 heteroatoms. The second-order valence-electron chi connectivity index (χ2n) is 3.53. The summed E-state index contributed by atoms with van der Waals surface area (Å²) >= 11 is 0. The van der Waals surface area contributed by atoms with Crippen molar-refractivity contribution in [2.75, 3.05) is 10.5 Å².